The molecule has 4 aliphatic rings. The largest absolute Gasteiger partial charge is 0.310 e. The Morgan fingerprint density at radius 3 is 1.74 bits per heavy atom. The van der Waals surface area contributed by atoms with Crippen LogP contribution in [-0.4, -0.2) is 0 Å². The summed E-state index contributed by atoms with van der Waals surface area (Å²) in [6, 6.07) is 50.8. The predicted octanol–water partition coefficient (Wildman–Crippen LogP) is 15.5. The standard InChI is InChI=1S/C54H47N.C2H6/c1-6-17-36(32-35(2)3)39-18-11-16-27-52(39)55(37-28-30-44-40-19-7-12-23-46(40)53(4,5)50(44)33-37)38-29-31-45-43-22-10-15-26-49(43)54(51(45)34-38)47-24-13-8-20-41(47)42-21-9-14-25-48(42)54;1-2/h6-11,13-22,24-35H,12,23H2,1-5H3;1-2H3/b17-6-,36-32+;. The Labute approximate surface area is 340 Å². The molecule has 0 radical (unpaired) electrons. The van der Waals surface area contributed by atoms with E-state index >= 15 is 0 Å². The van der Waals surface area contributed by atoms with Crippen LogP contribution in [-0.2, 0) is 10.8 Å². The monoisotopic (exact) mass is 739 g/mol. The van der Waals surface area contributed by atoms with Crippen molar-refractivity contribution in [2.45, 2.75) is 72.1 Å². The molecule has 282 valence electrons. The summed E-state index contributed by atoms with van der Waals surface area (Å²) in [5.41, 5.74) is 22.1. The lowest BCUT2D eigenvalue weighted by Gasteiger charge is -2.33. The van der Waals surface area contributed by atoms with Gasteiger partial charge in [0.05, 0.1) is 11.1 Å². The Kier molecular flexibility index (Phi) is 9.16. The maximum absolute atomic E-state index is 2.54. The fraction of sp³-hybridized carbons (Fsp3) is 0.214. The second-order valence-electron chi connectivity index (χ2n) is 16.5. The lowest BCUT2D eigenvalue weighted by molar-refractivity contribution is 0.607. The molecule has 1 spiro atoms. The first kappa shape index (κ1) is 36.7. The second kappa shape index (κ2) is 14.2. The topological polar surface area (TPSA) is 3.24 Å². The van der Waals surface area contributed by atoms with Crippen LogP contribution in [0.5, 0.6) is 0 Å². The summed E-state index contributed by atoms with van der Waals surface area (Å²) in [5, 5.41) is 0. The van der Waals surface area contributed by atoms with Gasteiger partial charge in [-0.3, -0.25) is 0 Å². The zero-order chi connectivity index (χ0) is 39.5. The quantitative estimate of drug-likeness (QED) is 0.154. The van der Waals surface area contributed by atoms with Gasteiger partial charge in [0.2, 0.25) is 0 Å². The van der Waals surface area contributed by atoms with E-state index in [1.54, 1.807) is 5.57 Å². The summed E-state index contributed by atoms with van der Waals surface area (Å²) < 4.78 is 0. The van der Waals surface area contributed by atoms with E-state index in [2.05, 4.69) is 203 Å². The fourth-order valence-corrected chi connectivity index (χ4v) is 10.5. The average Bonchev–Trinajstić information content (AvgIpc) is 3.80. The van der Waals surface area contributed by atoms with Gasteiger partial charge in [0.15, 0.2) is 0 Å². The van der Waals surface area contributed by atoms with E-state index in [0.717, 1.165) is 18.5 Å². The first-order valence-electron chi connectivity index (χ1n) is 21.1. The Bertz CT molecular complexity index is 2610. The Balaban J connectivity index is 0.00000208. The van der Waals surface area contributed by atoms with Crippen LogP contribution in [0.3, 0.4) is 0 Å². The Morgan fingerprint density at radius 2 is 1.14 bits per heavy atom. The molecule has 0 heterocycles. The van der Waals surface area contributed by atoms with Crippen molar-refractivity contribution in [3.63, 3.8) is 0 Å². The summed E-state index contributed by atoms with van der Waals surface area (Å²) in [4.78, 5) is 2.54. The molecule has 0 aromatic heterocycles. The summed E-state index contributed by atoms with van der Waals surface area (Å²) in [6.07, 6.45) is 13.8. The van der Waals surface area contributed by atoms with Crippen molar-refractivity contribution in [2.24, 2.45) is 5.92 Å². The van der Waals surface area contributed by atoms with Crippen LogP contribution in [0.1, 0.15) is 100 Å². The smallest absolute Gasteiger partial charge is 0.0726 e. The highest BCUT2D eigenvalue weighted by atomic mass is 15.1. The molecule has 0 fully saturated rings. The van der Waals surface area contributed by atoms with Crippen LogP contribution < -0.4 is 4.90 Å². The van der Waals surface area contributed by atoms with Gasteiger partial charge in [-0.1, -0.05) is 181 Å². The van der Waals surface area contributed by atoms with Gasteiger partial charge in [-0.2, -0.15) is 0 Å². The number of para-hydroxylation sites is 1. The van der Waals surface area contributed by atoms with Gasteiger partial charge in [-0.15, -0.1) is 0 Å². The summed E-state index contributed by atoms with van der Waals surface area (Å²) in [7, 11) is 0. The number of hydrogen-bond acceptors (Lipinski definition) is 1. The van der Waals surface area contributed by atoms with Gasteiger partial charge in [0.1, 0.15) is 0 Å². The molecule has 0 unspecified atom stereocenters. The van der Waals surface area contributed by atoms with Crippen LogP contribution in [0.25, 0.3) is 33.4 Å². The number of allylic oxidation sites excluding steroid dienone is 8. The summed E-state index contributed by atoms with van der Waals surface area (Å²) in [5.74, 6) is 0.403. The summed E-state index contributed by atoms with van der Waals surface area (Å²) in [6.45, 7) is 15.5. The van der Waals surface area contributed by atoms with E-state index in [0.29, 0.717) is 5.92 Å². The van der Waals surface area contributed by atoms with E-state index < -0.39 is 5.41 Å². The minimum atomic E-state index is -0.413. The molecule has 6 aromatic carbocycles. The van der Waals surface area contributed by atoms with Gasteiger partial charge in [0, 0.05) is 22.4 Å². The van der Waals surface area contributed by atoms with Crippen molar-refractivity contribution in [1.82, 2.24) is 0 Å². The molecule has 0 amide bonds. The van der Waals surface area contributed by atoms with Crippen molar-refractivity contribution in [2.75, 3.05) is 4.90 Å². The third-order valence-electron chi connectivity index (χ3n) is 12.7. The molecule has 1 heteroatoms. The lowest BCUT2D eigenvalue weighted by atomic mass is 9.70. The first-order chi connectivity index (χ1) is 27.8. The van der Waals surface area contributed by atoms with Crippen LogP contribution in [0.15, 0.2) is 169 Å². The van der Waals surface area contributed by atoms with Crippen LogP contribution >= 0.6 is 0 Å². The number of rotatable bonds is 6. The molecule has 57 heavy (non-hydrogen) atoms. The number of nitrogens with zero attached hydrogens (tertiary/aromatic N) is 1. The second-order valence-corrected chi connectivity index (χ2v) is 16.5. The molecular weight excluding hydrogens is 687 g/mol. The molecule has 6 aromatic rings. The molecule has 0 atom stereocenters. The third-order valence-corrected chi connectivity index (χ3v) is 12.7. The number of anilines is 3. The molecular formula is C56H53N. The average molecular weight is 740 g/mol. The number of fused-ring (bicyclic) bond motifs is 12. The zero-order valence-corrected chi connectivity index (χ0v) is 34.5. The number of benzene rings is 6. The van der Waals surface area contributed by atoms with Gasteiger partial charge < -0.3 is 4.90 Å². The Morgan fingerprint density at radius 1 is 0.614 bits per heavy atom. The molecule has 0 bridgehead atoms. The van der Waals surface area contributed by atoms with E-state index in [1.807, 2.05) is 13.8 Å². The van der Waals surface area contributed by atoms with E-state index in [4.69, 9.17) is 0 Å². The minimum absolute atomic E-state index is 0.0365. The SMILES string of the molecule is C/C=C\C(=C/C(C)C)c1ccccc1N(c1ccc2c(c1)C(C)(C)C1=C2C=CCC1)c1ccc2c(c1)C1(c3ccccc3-c3ccccc31)c1ccccc1-2.CC. The zero-order valence-electron chi connectivity index (χ0n) is 34.5. The third kappa shape index (κ3) is 5.43. The fourth-order valence-electron chi connectivity index (χ4n) is 10.5. The van der Waals surface area contributed by atoms with Crippen molar-refractivity contribution in [1.29, 1.82) is 0 Å². The van der Waals surface area contributed by atoms with Crippen molar-refractivity contribution < 1.29 is 0 Å². The molecule has 1 nitrogen and oxygen atoms in total. The lowest BCUT2D eigenvalue weighted by Crippen LogP contribution is -2.26. The van der Waals surface area contributed by atoms with Crippen LogP contribution in [0.4, 0.5) is 17.1 Å². The van der Waals surface area contributed by atoms with Gasteiger partial charge in [0.25, 0.3) is 0 Å². The highest BCUT2D eigenvalue weighted by Crippen LogP contribution is 2.63. The van der Waals surface area contributed by atoms with Gasteiger partial charge >= 0.3 is 0 Å². The van der Waals surface area contributed by atoms with Crippen LogP contribution in [0, 0.1) is 5.92 Å². The van der Waals surface area contributed by atoms with Gasteiger partial charge in [-0.05, 0) is 123 Å². The maximum Gasteiger partial charge on any atom is 0.0726 e. The van der Waals surface area contributed by atoms with E-state index in [1.165, 1.54) is 83.7 Å². The van der Waals surface area contributed by atoms with E-state index in [9.17, 15) is 0 Å². The molecule has 0 N–H and O–H groups in total. The highest BCUT2D eigenvalue weighted by Gasteiger charge is 2.51. The molecule has 0 saturated carbocycles. The predicted molar refractivity (Wildman–Crippen MR) is 245 cm³/mol. The molecule has 4 aliphatic carbocycles. The van der Waals surface area contributed by atoms with Crippen molar-refractivity contribution in [3.05, 3.63) is 208 Å². The van der Waals surface area contributed by atoms with Crippen molar-refractivity contribution in [3.8, 4) is 22.3 Å². The number of hydrogen-bond donors (Lipinski definition) is 0. The normalized spacial score (nSPS) is 16.2. The van der Waals surface area contributed by atoms with Crippen molar-refractivity contribution >= 4 is 28.2 Å². The highest BCUT2D eigenvalue weighted by molar-refractivity contribution is 5.97. The maximum atomic E-state index is 2.54. The minimum Gasteiger partial charge on any atom is -0.310 e. The molecule has 0 aliphatic heterocycles. The molecule has 0 saturated heterocycles. The Hall–Kier alpha value is -5.92. The summed E-state index contributed by atoms with van der Waals surface area (Å²) >= 11 is 0. The first-order valence-corrected chi connectivity index (χ1v) is 21.1. The van der Waals surface area contributed by atoms with E-state index in [-0.39, 0.29) is 5.41 Å². The van der Waals surface area contributed by atoms with Gasteiger partial charge in [-0.25, -0.2) is 0 Å². The van der Waals surface area contributed by atoms with Crippen LogP contribution in [0.2, 0.25) is 0 Å². The molecule has 10 rings (SSSR count).